The van der Waals surface area contributed by atoms with Gasteiger partial charge in [0.05, 0.1) is 26.3 Å². The predicted molar refractivity (Wildman–Crippen MR) is 105 cm³/mol. The first-order valence-electron chi connectivity index (χ1n) is 8.35. The highest BCUT2D eigenvalue weighted by Gasteiger charge is 2.14. The van der Waals surface area contributed by atoms with Crippen LogP contribution in [0.2, 0.25) is 5.02 Å². The van der Waals surface area contributed by atoms with Crippen molar-refractivity contribution >= 4 is 23.6 Å². The molecule has 8 heteroatoms. The van der Waals surface area contributed by atoms with Gasteiger partial charge in [-0.2, -0.15) is 4.98 Å². The number of carbonyl (C=O) groups is 1. The molecule has 0 atom stereocenters. The Bertz CT molecular complexity index is 983. The van der Waals surface area contributed by atoms with Crippen LogP contribution in [0.15, 0.2) is 53.1 Å². The van der Waals surface area contributed by atoms with Crippen molar-refractivity contribution < 1.29 is 18.8 Å². The SMILES string of the molecule is COc1ccc(-c2noc(CNC(=O)/C=C/c3ccc(Cl)cc3)n2)c(OC)c1. The van der Waals surface area contributed by atoms with E-state index in [1.54, 1.807) is 50.6 Å². The summed E-state index contributed by atoms with van der Waals surface area (Å²) in [6.45, 7) is 0.106. The number of nitrogens with zero attached hydrogens (tertiary/aromatic N) is 2. The van der Waals surface area contributed by atoms with Crippen molar-refractivity contribution in [2.45, 2.75) is 6.54 Å². The van der Waals surface area contributed by atoms with E-state index in [2.05, 4.69) is 15.5 Å². The number of halogens is 1. The van der Waals surface area contributed by atoms with Crippen molar-refractivity contribution in [2.24, 2.45) is 0 Å². The van der Waals surface area contributed by atoms with Gasteiger partial charge >= 0.3 is 0 Å². The van der Waals surface area contributed by atoms with Crippen molar-refractivity contribution in [3.05, 3.63) is 65.0 Å². The molecule has 1 N–H and O–H groups in total. The molecule has 0 spiro atoms. The smallest absolute Gasteiger partial charge is 0.246 e. The third kappa shape index (κ3) is 4.89. The molecule has 1 amide bonds. The van der Waals surface area contributed by atoms with E-state index in [9.17, 15) is 4.79 Å². The summed E-state index contributed by atoms with van der Waals surface area (Å²) in [6, 6.07) is 12.4. The van der Waals surface area contributed by atoms with Crippen LogP contribution in [0.25, 0.3) is 17.5 Å². The summed E-state index contributed by atoms with van der Waals surface area (Å²) in [5, 5.41) is 7.28. The fourth-order valence-electron chi connectivity index (χ4n) is 2.39. The monoisotopic (exact) mass is 399 g/mol. The zero-order chi connectivity index (χ0) is 19.9. The van der Waals surface area contributed by atoms with Crippen molar-refractivity contribution in [1.82, 2.24) is 15.5 Å². The Morgan fingerprint density at radius 1 is 1.18 bits per heavy atom. The number of carbonyl (C=O) groups excluding carboxylic acids is 1. The number of ether oxygens (including phenoxy) is 2. The lowest BCUT2D eigenvalue weighted by atomic mass is 10.2. The first kappa shape index (κ1) is 19.4. The number of amides is 1. The Morgan fingerprint density at radius 3 is 2.68 bits per heavy atom. The molecule has 0 fully saturated rings. The molecular formula is C20H18ClN3O4. The summed E-state index contributed by atoms with van der Waals surface area (Å²) >= 11 is 5.83. The number of methoxy groups -OCH3 is 2. The van der Waals surface area contributed by atoms with Crippen LogP contribution >= 0.6 is 11.6 Å². The zero-order valence-electron chi connectivity index (χ0n) is 15.3. The van der Waals surface area contributed by atoms with E-state index >= 15 is 0 Å². The van der Waals surface area contributed by atoms with E-state index in [0.717, 1.165) is 5.56 Å². The minimum absolute atomic E-state index is 0.106. The predicted octanol–water partition coefficient (Wildman–Crippen LogP) is 3.74. The first-order chi connectivity index (χ1) is 13.6. The second-order valence-electron chi connectivity index (χ2n) is 5.68. The molecule has 0 bridgehead atoms. The van der Waals surface area contributed by atoms with Crippen LogP contribution in [-0.2, 0) is 11.3 Å². The second kappa shape index (κ2) is 9.05. The van der Waals surface area contributed by atoms with Gasteiger partial charge in [0, 0.05) is 17.2 Å². The lowest BCUT2D eigenvalue weighted by Crippen LogP contribution is -2.20. The van der Waals surface area contributed by atoms with Crippen molar-refractivity contribution in [3.63, 3.8) is 0 Å². The molecular weight excluding hydrogens is 382 g/mol. The van der Waals surface area contributed by atoms with Crippen LogP contribution in [0.5, 0.6) is 11.5 Å². The number of hydrogen-bond donors (Lipinski definition) is 1. The Balaban J connectivity index is 1.62. The molecule has 0 saturated carbocycles. The number of benzene rings is 2. The second-order valence-corrected chi connectivity index (χ2v) is 6.12. The minimum Gasteiger partial charge on any atom is -0.497 e. The Labute approximate surface area is 166 Å². The van der Waals surface area contributed by atoms with Crippen LogP contribution in [-0.4, -0.2) is 30.3 Å². The molecule has 0 aliphatic heterocycles. The van der Waals surface area contributed by atoms with Crippen molar-refractivity contribution in [2.75, 3.05) is 14.2 Å². The molecule has 0 saturated heterocycles. The third-order valence-corrected chi connectivity index (χ3v) is 4.08. The molecule has 7 nitrogen and oxygen atoms in total. The quantitative estimate of drug-likeness (QED) is 0.609. The van der Waals surface area contributed by atoms with E-state index in [4.69, 9.17) is 25.6 Å². The summed E-state index contributed by atoms with van der Waals surface area (Å²) in [5.41, 5.74) is 1.53. The largest absolute Gasteiger partial charge is 0.497 e. The molecule has 1 heterocycles. The lowest BCUT2D eigenvalue weighted by Gasteiger charge is -2.07. The number of nitrogens with one attached hydrogen (secondary N) is 1. The highest BCUT2D eigenvalue weighted by Crippen LogP contribution is 2.31. The molecule has 0 aliphatic rings. The Kier molecular flexibility index (Phi) is 6.29. The number of rotatable bonds is 7. The average Bonchev–Trinajstić information content (AvgIpc) is 3.20. The van der Waals surface area contributed by atoms with E-state index in [0.29, 0.717) is 27.9 Å². The lowest BCUT2D eigenvalue weighted by molar-refractivity contribution is -0.116. The highest BCUT2D eigenvalue weighted by molar-refractivity contribution is 6.30. The molecule has 144 valence electrons. The maximum Gasteiger partial charge on any atom is 0.246 e. The standard InChI is InChI=1S/C20H18ClN3O4/c1-26-15-8-9-16(17(11-15)27-2)20-23-19(28-24-20)12-22-18(25)10-5-13-3-6-14(21)7-4-13/h3-11H,12H2,1-2H3,(H,22,25)/b10-5+. The summed E-state index contributed by atoms with van der Waals surface area (Å²) in [5.74, 6) is 1.57. The van der Waals surface area contributed by atoms with Crippen molar-refractivity contribution in [1.29, 1.82) is 0 Å². The number of hydrogen-bond acceptors (Lipinski definition) is 6. The zero-order valence-corrected chi connectivity index (χ0v) is 16.1. The van der Waals surface area contributed by atoms with E-state index in [1.165, 1.54) is 6.08 Å². The van der Waals surface area contributed by atoms with Gasteiger partial charge in [-0.25, -0.2) is 0 Å². The summed E-state index contributed by atoms with van der Waals surface area (Å²) in [4.78, 5) is 16.2. The Hall–Kier alpha value is -3.32. The van der Waals surface area contributed by atoms with Gasteiger partial charge in [-0.15, -0.1) is 0 Å². The van der Waals surface area contributed by atoms with Crippen LogP contribution in [0.3, 0.4) is 0 Å². The molecule has 0 unspecified atom stereocenters. The maximum absolute atomic E-state index is 12.0. The Morgan fingerprint density at radius 2 is 1.96 bits per heavy atom. The highest BCUT2D eigenvalue weighted by atomic mass is 35.5. The molecule has 0 aliphatic carbocycles. The van der Waals surface area contributed by atoms with Crippen LogP contribution in [0.4, 0.5) is 0 Å². The maximum atomic E-state index is 12.0. The molecule has 2 aromatic carbocycles. The summed E-state index contributed by atoms with van der Waals surface area (Å²) in [6.07, 6.45) is 3.11. The van der Waals surface area contributed by atoms with Gasteiger partial charge in [-0.1, -0.05) is 28.9 Å². The van der Waals surface area contributed by atoms with Crippen LogP contribution in [0.1, 0.15) is 11.5 Å². The van der Waals surface area contributed by atoms with E-state index < -0.39 is 0 Å². The van der Waals surface area contributed by atoms with Gasteiger partial charge in [0.1, 0.15) is 11.5 Å². The van der Waals surface area contributed by atoms with E-state index in [-0.39, 0.29) is 18.3 Å². The summed E-state index contributed by atoms with van der Waals surface area (Å²) < 4.78 is 15.7. The molecule has 3 aromatic rings. The fourth-order valence-corrected chi connectivity index (χ4v) is 2.51. The molecule has 3 rings (SSSR count). The third-order valence-electron chi connectivity index (χ3n) is 3.83. The van der Waals surface area contributed by atoms with Crippen LogP contribution in [0, 0.1) is 0 Å². The summed E-state index contributed by atoms with van der Waals surface area (Å²) in [7, 11) is 3.12. The first-order valence-corrected chi connectivity index (χ1v) is 8.73. The fraction of sp³-hybridized carbons (Fsp3) is 0.150. The van der Waals surface area contributed by atoms with Gasteiger partial charge < -0.3 is 19.3 Å². The molecule has 1 aromatic heterocycles. The average molecular weight is 400 g/mol. The van der Waals surface area contributed by atoms with Gasteiger partial charge in [0.25, 0.3) is 0 Å². The molecule has 28 heavy (non-hydrogen) atoms. The van der Waals surface area contributed by atoms with Crippen LogP contribution < -0.4 is 14.8 Å². The number of aromatic nitrogens is 2. The topological polar surface area (TPSA) is 86.5 Å². The minimum atomic E-state index is -0.281. The van der Waals surface area contributed by atoms with Gasteiger partial charge in [-0.05, 0) is 35.9 Å². The normalized spacial score (nSPS) is 10.8. The van der Waals surface area contributed by atoms with Gasteiger partial charge in [-0.3, -0.25) is 4.79 Å². The van der Waals surface area contributed by atoms with E-state index in [1.807, 2.05) is 12.1 Å². The van der Waals surface area contributed by atoms with Gasteiger partial charge in [0.15, 0.2) is 0 Å². The molecule has 0 radical (unpaired) electrons. The van der Waals surface area contributed by atoms with Crippen molar-refractivity contribution in [3.8, 4) is 22.9 Å². The van der Waals surface area contributed by atoms with Gasteiger partial charge in [0.2, 0.25) is 17.6 Å².